The van der Waals surface area contributed by atoms with Crippen molar-refractivity contribution in [3.8, 4) is 16.5 Å². The monoisotopic (exact) mass is 616 g/mol. The molecule has 5 aromatic rings. The molecule has 220 valence electrons. The van der Waals surface area contributed by atoms with Gasteiger partial charge in [0.2, 0.25) is 0 Å². The van der Waals surface area contributed by atoms with E-state index in [0.29, 0.717) is 0 Å². The highest BCUT2D eigenvalue weighted by Crippen LogP contribution is 2.56. The molecule has 0 aliphatic carbocycles. The van der Waals surface area contributed by atoms with Crippen molar-refractivity contribution in [3.05, 3.63) is 143 Å². The highest BCUT2D eigenvalue weighted by molar-refractivity contribution is 7.59. The molecule has 5 nitrogen and oxygen atoms in total. The normalized spacial score (nSPS) is 11.9. The van der Waals surface area contributed by atoms with Crippen molar-refractivity contribution < 1.29 is 13.6 Å². The molecular formula is C37H33N2O3PS. The van der Waals surface area contributed by atoms with Crippen LogP contribution in [-0.2, 0) is 13.6 Å². The number of anilines is 3. The van der Waals surface area contributed by atoms with Gasteiger partial charge in [-0.2, -0.15) is 5.26 Å². The van der Waals surface area contributed by atoms with Crippen LogP contribution in [-0.4, -0.2) is 13.2 Å². The number of para-hydroxylation sites is 2. The van der Waals surface area contributed by atoms with Gasteiger partial charge in [0.05, 0.1) is 13.2 Å². The van der Waals surface area contributed by atoms with Gasteiger partial charge in [-0.1, -0.05) is 78.9 Å². The van der Waals surface area contributed by atoms with Crippen LogP contribution in [0.2, 0.25) is 0 Å². The van der Waals surface area contributed by atoms with E-state index in [9.17, 15) is 9.83 Å². The Morgan fingerprint density at radius 3 is 1.82 bits per heavy atom. The summed E-state index contributed by atoms with van der Waals surface area (Å²) in [7, 11) is -3.64. The lowest BCUT2D eigenvalue weighted by Crippen LogP contribution is -2.09. The van der Waals surface area contributed by atoms with Gasteiger partial charge in [0.1, 0.15) is 11.4 Å². The first kappa shape index (κ1) is 30.9. The van der Waals surface area contributed by atoms with Crippen molar-refractivity contribution >= 4 is 54.2 Å². The van der Waals surface area contributed by atoms with Crippen LogP contribution >= 0.6 is 18.9 Å². The van der Waals surface area contributed by atoms with Gasteiger partial charge in [-0.05, 0) is 91.2 Å². The minimum absolute atomic E-state index is 0.00151. The van der Waals surface area contributed by atoms with E-state index >= 15 is 0 Å². The summed E-state index contributed by atoms with van der Waals surface area (Å²) in [5, 5.41) is 9.62. The fourth-order valence-electron chi connectivity index (χ4n) is 4.70. The molecule has 0 fully saturated rings. The summed E-state index contributed by atoms with van der Waals surface area (Å²) in [6.45, 7) is 3.83. The summed E-state index contributed by atoms with van der Waals surface area (Å²) in [4.78, 5) is 4.52. The minimum atomic E-state index is -3.64. The first-order valence-electron chi connectivity index (χ1n) is 14.4. The third kappa shape index (κ3) is 7.52. The predicted molar refractivity (Wildman–Crippen MR) is 184 cm³/mol. The number of hydrogen-bond acceptors (Lipinski definition) is 6. The summed E-state index contributed by atoms with van der Waals surface area (Å²) in [6, 6.07) is 43.3. The number of rotatable bonds is 12. The second-order valence-electron chi connectivity index (χ2n) is 9.73. The van der Waals surface area contributed by atoms with Gasteiger partial charge in [-0.3, -0.25) is 4.57 Å². The molecule has 0 aliphatic heterocycles. The van der Waals surface area contributed by atoms with E-state index in [1.54, 1.807) is 31.3 Å². The Bertz CT molecular complexity index is 1760. The molecule has 0 saturated heterocycles. The van der Waals surface area contributed by atoms with Crippen LogP contribution in [0.5, 0.6) is 0 Å². The average Bonchev–Trinajstić information content (AvgIpc) is 3.54. The van der Waals surface area contributed by atoms with Crippen molar-refractivity contribution in [2.24, 2.45) is 0 Å². The van der Waals surface area contributed by atoms with Crippen molar-refractivity contribution in [3.63, 3.8) is 0 Å². The van der Waals surface area contributed by atoms with E-state index in [-0.39, 0.29) is 18.5 Å². The predicted octanol–water partition coefficient (Wildman–Crippen LogP) is 11.2. The van der Waals surface area contributed by atoms with Crippen molar-refractivity contribution in [1.82, 2.24) is 0 Å². The Kier molecular flexibility index (Phi) is 10.4. The molecule has 0 N–H and O–H groups in total. The van der Waals surface area contributed by atoms with E-state index in [1.807, 2.05) is 42.5 Å². The van der Waals surface area contributed by atoms with Crippen molar-refractivity contribution in [1.29, 1.82) is 5.26 Å². The first-order chi connectivity index (χ1) is 21.5. The maximum Gasteiger partial charge on any atom is 0.371 e. The first-order valence-corrected chi connectivity index (χ1v) is 16.8. The fourth-order valence-corrected chi connectivity index (χ4v) is 7.08. The van der Waals surface area contributed by atoms with Gasteiger partial charge in [-0.25, -0.2) is 0 Å². The molecule has 0 amide bonds. The van der Waals surface area contributed by atoms with Crippen LogP contribution in [0.4, 0.5) is 17.1 Å². The molecule has 0 unspecified atom stereocenters. The molecule has 1 aromatic heterocycles. The molecule has 44 heavy (non-hydrogen) atoms. The van der Waals surface area contributed by atoms with E-state index in [0.717, 1.165) is 43.5 Å². The van der Waals surface area contributed by atoms with Crippen LogP contribution in [0, 0.1) is 11.3 Å². The second kappa shape index (κ2) is 14.8. The van der Waals surface area contributed by atoms with E-state index < -0.39 is 7.60 Å². The quantitative estimate of drug-likeness (QED) is 0.103. The standard InChI is InChI=1S/C37H33N2O3PS/c1-3-41-43(40,42-4-2)35(28-38)27-30-15-20-31(21-16-30)37-26-25-36(44-37)24-19-29-17-22-34(23-18-29)39(32-11-7-5-8-12-32)33-13-9-6-10-14-33/h5-27H,3-4H2,1-2H3/b24-19+,35-27+. The number of thiophene rings is 1. The summed E-state index contributed by atoms with van der Waals surface area (Å²) in [5.74, 6) is 0. The zero-order valence-electron chi connectivity index (χ0n) is 24.7. The number of hydrogen-bond donors (Lipinski definition) is 0. The number of nitrogens with zero attached hydrogens (tertiary/aromatic N) is 2. The van der Waals surface area contributed by atoms with Crippen molar-refractivity contribution in [2.45, 2.75) is 13.8 Å². The fraction of sp³-hybridized carbons (Fsp3) is 0.108. The lowest BCUT2D eigenvalue weighted by Gasteiger charge is -2.25. The van der Waals surface area contributed by atoms with Gasteiger partial charge >= 0.3 is 7.60 Å². The molecule has 1 heterocycles. The molecule has 0 saturated carbocycles. The lowest BCUT2D eigenvalue weighted by molar-refractivity contribution is 0.227. The van der Waals surface area contributed by atoms with E-state index in [1.165, 1.54) is 0 Å². The van der Waals surface area contributed by atoms with Crippen LogP contribution in [0.3, 0.4) is 0 Å². The molecule has 0 atom stereocenters. The molecule has 0 bridgehead atoms. The average molecular weight is 617 g/mol. The second-order valence-corrected chi connectivity index (χ2v) is 12.8. The number of benzene rings is 4. The van der Waals surface area contributed by atoms with E-state index in [2.05, 4.69) is 102 Å². The zero-order valence-corrected chi connectivity index (χ0v) is 26.4. The molecule has 0 radical (unpaired) electrons. The molecule has 0 aliphatic rings. The lowest BCUT2D eigenvalue weighted by atomic mass is 10.1. The summed E-state index contributed by atoms with van der Waals surface area (Å²) in [6.07, 6.45) is 5.83. The summed E-state index contributed by atoms with van der Waals surface area (Å²) >= 11 is 1.70. The molecule has 5 rings (SSSR count). The maximum absolute atomic E-state index is 13.0. The van der Waals surface area contributed by atoms with Crippen LogP contribution in [0.1, 0.15) is 29.9 Å². The largest absolute Gasteiger partial charge is 0.371 e. The van der Waals surface area contributed by atoms with E-state index in [4.69, 9.17) is 9.05 Å². The van der Waals surface area contributed by atoms with Crippen molar-refractivity contribution in [2.75, 3.05) is 18.1 Å². The smallest absolute Gasteiger partial charge is 0.311 e. The molecular weight excluding hydrogens is 583 g/mol. The molecule has 7 heteroatoms. The topological polar surface area (TPSA) is 62.6 Å². The Morgan fingerprint density at radius 2 is 1.27 bits per heavy atom. The van der Waals surface area contributed by atoms with Gasteiger partial charge in [0, 0.05) is 26.8 Å². The van der Waals surface area contributed by atoms with Gasteiger partial charge in [0.15, 0.2) is 0 Å². The minimum Gasteiger partial charge on any atom is -0.311 e. The number of nitriles is 1. The number of allylic oxidation sites excluding steroid dienone is 1. The summed E-state index contributed by atoms with van der Waals surface area (Å²) < 4.78 is 23.7. The Morgan fingerprint density at radius 1 is 0.727 bits per heavy atom. The van der Waals surface area contributed by atoms with Gasteiger partial charge < -0.3 is 13.9 Å². The van der Waals surface area contributed by atoms with Crippen LogP contribution in [0.15, 0.2) is 127 Å². The van der Waals surface area contributed by atoms with Crippen LogP contribution < -0.4 is 4.90 Å². The Balaban J connectivity index is 1.29. The third-order valence-corrected chi connectivity index (χ3v) is 9.87. The Hall–Kier alpha value is -4.50. The zero-order chi connectivity index (χ0) is 30.8. The highest BCUT2D eigenvalue weighted by Gasteiger charge is 2.29. The van der Waals surface area contributed by atoms with Gasteiger partial charge in [0.25, 0.3) is 0 Å². The van der Waals surface area contributed by atoms with Crippen LogP contribution in [0.25, 0.3) is 28.7 Å². The molecule has 4 aromatic carbocycles. The maximum atomic E-state index is 13.0. The SMILES string of the molecule is CCOP(=O)(OCC)/C(C#N)=C/c1ccc(-c2ccc(/C=C/c3ccc(N(c4ccccc4)c4ccccc4)cc3)s2)cc1. The highest BCUT2D eigenvalue weighted by atomic mass is 32.1. The summed E-state index contributed by atoms with van der Waals surface area (Å²) in [5.41, 5.74) is 6.25. The molecule has 0 spiro atoms. The Labute approximate surface area is 263 Å². The third-order valence-electron chi connectivity index (χ3n) is 6.75. The van der Waals surface area contributed by atoms with Gasteiger partial charge in [-0.15, -0.1) is 11.3 Å².